The Balaban J connectivity index is 0.947. The van der Waals surface area contributed by atoms with Gasteiger partial charge in [0.25, 0.3) is 0 Å². The maximum Gasteiger partial charge on any atom is 0.320 e. The summed E-state index contributed by atoms with van der Waals surface area (Å²) in [7, 11) is -3.21. The van der Waals surface area contributed by atoms with Crippen molar-refractivity contribution in [1.82, 2.24) is 29.3 Å². The van der Waals surface area contributed by atoms with Crippen LogP contribution in [-0.2, 0) is 10.0 Å². The zero-order valence-electron chi connectivity index (χ0n) is 19.3. The predicted molar refractivity (Wildman–Crippen MR) is 119 cm³/mol. The van der Waals surface area contributed by atoms with E-state index in [1.54, 1.807) is 4.31 Å². The molecule has 3 aliphatic heterocycles. The van der Waals surface area contributed by atoms with Crippen LogP contribution in [0.3, 0.4) is 0 Å². The van der Waals surface area contributed by atoms with Gasteiger partial charge in [0, 0.05) is 61.9 Å². The minimum atomic E-state index is -3.21. The second-order valence-corrected chi connectivity index (χ2v) is 14.5. The summed E-state index contributed by atoms with van der Waals surface area (Å²) in [5.41, 5.74) is -0.00287. The van der Waals surface area contributed by atoms with Gasteiger partial charge in [-0.15, -0.1) is 0 Å². The average Bonchev–Trinajstić information content (AvgIpc) is 3.26. The van der Waals surface area contributed by atoms with Crippen molar-refractivity contribution >= 4 is 16.1 Å². The molecule has 1 N–H and O–H groups in total. The molecule has 2 aliphatic carbocycles. The molecule has 5 fully saturated rings. The van der Waals surface area contributed by atoms with E-state index in [4.69, 9.17) is 4.98 Å². The van der Waals surface area contributed by atoms with Gasteiger partial charge >= 0.3 is 6.03 Å². The number of urea groups is 1. The predicted octanol–water partition coefficient (Wildman–Crippen LogP) is 1.97. The molecule has 0 atom stereocenters. The van der Waals surface area contributed by atoms with Crippen molar-refractivity contribution < 1.29 is 13.2 Å². The number of nitrogens with one attached hydrogen (secondary N) is 1. The van der Waals surface area contributed by atoms with Crippen molar-refractivity contribution in [2.45, 2.75) is 58.3 Å². The third-order valence-corrected chi connectivity index (χ3v) is 10.2. The standard InChI is InChI=1S/C22H34N6O3S/c1-20(2,3)14-32(30,31)28-12-22(13-28)10-27(11-22)19(29)26-8-21(9-26)6-16(7-21)18-23-17(24-25-18)15-4-5-15/h15-16H,4-14H2,1-3H3,(H,23,24,25). The van der Waals surface area contributed by atoms with Crippen LogP contribution in [0.25, 0.3) is 0 Å². The Bertz CT molecular complexity index is 1030. The summed E-state index contributed by atoms with van der Waals surface area (Å²) >= 11 is 0. The second kappa shape index (κ2) is 6.46. The molecule has 0 unspecified atom stereocenters. The SMILES string of the molecule is CC(C)(C)CS(=O)(=O)N1CC2(CN(C(=O)N3CC4(CC(c5n[nH]c(C6CC6)n5)C4)C3)C2)C1. The maximum absolute atomic E-state index is 12.9. The number of H-pyrrole nitrogens is 1. The number of sulfonamides is 1. The Morgan fingerprint density at radius 1 is 1.00 bits per heavy atom. The van der Waals surface area contributed by atoms with E-state index >= 15 is 0 Å². The lowest BCUT2D eigenvalue weighted by atomic mass is 9.57. The van der Waals surface area contributed by atoms with Gasteiger partial charge in [0.2, 0.25) is 10.0 Å². The van der Waals surface area contributed by atoms with Gasteiger partial charge in [-0.2, -0.15) is 5.10 Å². The van der Waals surface area contributed by atoms with E-state index in [9.17, 15) is 13.2 Å². The lowest BCUT2D eigenvalue weighted by Gasteiger charge is -2.63. The Morgan fingerprint density at radius 3 is 2.16 bits per heavy atom. The quantitative estimate of drug-likeness (QED) is 0.737. The van der Waals surface area contributed by atoms with Crippen LogP contribution in [0.1, 0.15) is 69.9 Å². The zero-order valence-corrected chi connectivity index (χ0v) is 20.1. The van der Waals surface area contributed by atoms with E-state index in [2.05, 4.69) is 10.2 Å². The molecule has 9 nitrogen and oxygen atoms in total. The van der Waals surface area contributed by atoms with Crippen LogP contribution in [0.2, 0.25) is 0 Å². The van der Waals surface area contributed by atoms with Crippen molar-refractivity contribution in [3.05, 3.63) is 11.6 Å². The molecular formula is C22H34N6O3S. The van der Waals surface area contributed by atoms with Gasteiger partial charge in [-0.1, -0.05) is 20.8 Å². The monoisotopic (exact) mass is 462 g/mol. The summed E-state index contributed by atoms with van der Waals surface area (Å²) in [6, 6.07) is 0.120. The summed E-state index contributed by atoms with van der Waals surface area (Å²) in [6.07, 6.45) is 4.60. The summed E-state index contributed by atoms with van der Waals surface area (Å²) in [5, 5.41) is 7.54. The van der Waals surface area contributed by atoms with Crippen LogP contribution < -0.4 is 0 Å². The summed E-state index contributed by atoms with van der Waals surface area (Å²) in [6.45, 7) is 9.98. The first-order chi connectivity index (χ1) is 15.0. The first-order valence-corrected chi connectivity index (χ1v) is 13.5. The lowest BCUT2D eigenvalue weighted by Crippen LogP contribution is -2.76. The number of carbonyl (C=O) groups is 1. The summed E-state index contributed by atoms with van der Waals surface area (Å²) in [4.78, 5) is 21.4. The van der Waals surface area contributed by atoms with E-state index in [1.165, 1.54) is 12.8 Å². The van der Waals surface area contributed by atoms with Crippen molar-refractivity contribution in [3.63, 3.8) is 0 Å². The fourth-order valence-corrected chi connectivity index (χ4v) is 8.39. The topological polar surface area (TPSA) is 103 Å². The second-order valence-electron chi connectivity index (χ2n) is 12.5. The number of hydrogen-bond acceptors (Lipinski definition) is 5. The molecule has 0 bridgehead atoms. The molecule has 2 amide bonds. The van der Waals surface area contributed by atoms with Crippen molar-refractivity contribution in [2.24, 2.45) is 16.2 Å². The average molecular weight is 463 g/mol. The maximum atomic E-state index is 12.9. The number of nitrogens with zero attached hydrogens (tertiary/aromatic N) is 5. The molecule has 2 spiro atoms. The van der Waals surface area contributed by atoms with E-state index in [0.29, 0.717) is 38.0 Å². The number of aromatic amines is 1. The molecule has 32 heavy (non-hydrogen) atoms. The molecule has 0 aromatic carbocycles. The third kappa shape index (κ3) is 3.45. The van der Waals surface area contributed by atoms with Crippen molar-refractivity contribution in [1.29, 1.82) is 0 Å². The first-order valence-electron chi connectivity index (χ1n) is 11.9. The molecular weight excluding hydrogens is 428 g/mol. The molecule has 1 aromatic rings. The molecule has 176 valence electrons. The Hall–Kier alpha value is -1.68. The van der Waals surface area contributed by atoms with E-state index in [0.717, 1.165) is 37.6 Å². The molecule has 10 heteroatoms. The fraction of sp³-hybridized carbons (Fsp3) is 0.864. The Morgan fingerprint density at radius 2 is 1.59 bits per heavy atom. The van der Waals surface area contributed by atoms with Crippen molar-refractivity contribution in [3.8, 4) is 0 Å². The first kappa shape index (κ1) is 20.9. The highest BCUT2D eigenvalue weighted by Gasteiger charge is 2.60. The van der Waals surface area contributed by atoms with Crippen LogP contribution in [0.5, 0.6) is 0 Å². The van der Waals surface area contributed by atoms with Crippen molar-refractivity contribution in [2.75, 3.05) is 45.0 Å². The summed E-state index contributed by atoms with van der Waals surface area (Å²) < 4.78 is 26.7. The lowest BCUT2D eigenvalue weighted by molar-refractivity contribution is -0.0931. The van der Waals surface area contributed by atoms with Crippen LogP contribution in [0, 0.1) is 16.2 Å². The van der Waals surface area contributed by atoms with Crippen LogP contribution in [0.15, 0.2) is 0 Å². The molecule has 1 aromatic heterocycles. The molecule has 6 rings (SSSR count). The number of rotatable bonds is 4. The van der Waals surface area contributed by atoms with E-state index in [1.807, 2.05) is 30.6 Å². The Labute approximate surface area is 190 Å². The van der Waals surface area contributed by atoms with Gasteiger partial charge in [-0.25, -0.2) is 22.5 Å². The minimum Gasteiger partial charge on any atom is -0.323 e. The van der Waals surface area contributed by atoms with Gasteiger partial charge < -0.3 is 9.80 Å². The Kier molecular flexibility index (Phi) is 4.22. The number of likely N-dealkylation sites (tertiary alicyclic amines) is 2. The molecule has 5 aliphatic rings. The van der Waals surface area contributed by atoms with Gasteiger partial charge in [0.05, 0.1) is 5.75 Å². The number of aromatic nitrogens is 3. The largest absolute Gasteiger partial charge is 0.323 e. The molecule has 4 heterocycles. The fourth-order valence-electron chi connectivity index (χ4n) is 6.17. The zero-order chi connectivity index (χ0) is 22.5. The smallest absolute Gasteiger partial charge is 0.320 e. The van der Waals surface area contributed by atoms with Crippen LogP contribution in [0.4, 0.5) is 4.79 Å². The van der Waals surface area contributed by atoms with Gasteiger partial charge in [-0.3, -0.25) is 5.10 Å². The van der Waals surface area contributed by atoms with Crippen LogP contribution >= 0.6 is 0 Å². The highest BCUT2D eigenvalue weighted by atomic mass is 32.2. The normalized spacial score (nSPS) is 27.1. The highest BCUT2D eigenvalue weighted by molar-refractivity contribution is 7.89. The molecule has 3 saturated heterocycles. The summed E-state index contributed by atoms with van der Waals surface area (Å²) in [5.74, 6) is 3.22. The number of hydrogen-bond donors (Lipinski definition) is 1. The number of amides is 2. The van der Waals surface area contributed by atoms with E-state index in [-0.39, 0.29) is 28.0 Å². The van der Waals surface area contributed by atoms with E-state index < -0.39 is 10.0 Å². The third-order valence-electron chi connectivity index (χ3n) is 7.89. The van der Waals surface area contributed by atoms with Gasteiger partial charge in [-0.05, 0) is 31.1 Å². The minimum absolute atomic E-state index is 0.0182. The molecule has 2 saturated carbocycles. The van der Waals surface area contributed by atoms with Crippen LogP contribution in [-0.4, -0.2) is 88.8 Å². The highest BCUT2D eigenvalue weighted by Crippen LogP contribution is 2.56. The van der Waals surface area contributed by atoms with Gasteiger partial charge in [0.15, 0.2) is 5.82 Å². The molecule has 0 radical (unpaired) electrons. The number of carbonyl (C=O) groups excluding carboxylic acids is 1. The van der Waals surface area contributed by atoms with Gasteiger partial charge in [0.1, 0.15) is 5.82 Å².